The molecule has 0 unspecified atom stereocenters. The van der Waals surface area contributed by atoms with E-state index in [2.05, 4.69) is 20.3 Å². The second-order valence-corrected chi connectivity index (χ2v) is 5.94. The minimum absolute atomic E-state index is 0.0351. The number of carbonyl (C=O) groups is 1. The topological polar surface area (TPSA) is 66.3 Å². The maximum atomic E-state index is 12.2. The maximum absolute atomic E-state index is 12.2. The first-order chi connectivity index (χ1) is 11.8. The first-order valence-corrected chi connectivity index (χ1v) is 8.44. The van der Waals surface area contributed by atoms with E-state index in [0.717, 1.165) is 51.4 Å². The van der Waals surface area contributed by atoms with Crippen LogP contribution in [-0.4, -0.2) is 63.3 Å². The SMILES string of the molecule is O=C(NCCCn1cccn1)N1CCN(Cc2ccccn2)CC1. The monoisotopic (exact) mass is 328 g/mol. The smallest absolute Gasteiger partial charge is 0.317 e. The van der Waals surface area contributed by atoms with Crippen molar-refractivity contribution < 1.29 is 4.79 Å². The van der Waals surface area contributed by atoms with Crippen LogP contribution in [0.25, 0.3) is 0 Å². The highest BCUT2D eigenvalue weighted by atomic mass is 16.2. The summed E-state index contributed by atoms with van der Waals surface area (Å²) in [6.07, 6.45) is 6.40. The Kier molecular flexibility index (Phi) is 5.79. The van der Waals surface area contributed by atoms with E-state index in [-0.39, 0.29) is 6.03 Å². The molecule has 24 heavy (non-hydrogen) atoms. The summed E-state index contributed by atoms with van der Waals surface area (Å²) in [6.45, 7) is 5.64. The standard InChI is InChI=1S/C17H24N6O/c24-17(19-7-3-9-23-10-4-8-20-23)22-13-11-21(12-14-22)15-16-5-1-2-6-18-16/h1-2,4-6,8,10H,3,7,9,11-15H2,(H,19,24). The molecule has 3 rings (SSSR count). The van der Waals surface area contributed by atoms with E-state index >= 15 is 0 Å². The van der Waals surface area contributed by atoms with Gasteiger partial charge in [-0.25, -0.2) is 4.79 Å². The molecule has 0 aliphatic carbocycles. The second-order valence-electron chi connectivity index (χ2n) is 5.94. The third-order valence-electron chi connectivity index (χ3n) is 4.17. The number of urea groups is 1. The van der Waals surface area contributed by atoms with Crippen LogP contribution in [-0.2, 0) is 13.1 Å². The van der Waals surface area contributed by atoms with Gasteiger partial charge in [-0.15, -0.1) is 0 Å². The first kappa shape index (κ1) is 16.4. The molecule has 0 atom stereocenters. The lowest BCUT2D eigenvalue weighted by molar-refractivity contribution is 0.134. The van der Waals surface area contributed by atoms with E-state index in [1.54, 1.807) is 6.20 Å². The van der Waals surface area contributed by atoms with Crippen LogP contribution in [0, 0.1) is 0 Å². The molecular weight excluding hydrogens is 304 g/mol. The number of aryl methyl sites for hydroxylation is 1. The van der Waals surface area contributed by atoms with Crippen molar-refractivity contribution in [1.29, 1.82) is 0 Å². The van der Waals surface area contributed by atoms with Crippen molar-refractivity contribution in [3.8, 4) is 0 Å². The number of aromatic nitrogens is 3. The number of carbonyl (C=O) groups excluding carboxylic acids is 1. The van der Waals surface area contributed by atoms with Crippen LogP contribution in [0.1, 0.15) is 12.1 Å². The van der Waals surface area contributed by atoms with Gasteiger partial charge in [-0.2, -0.15) is 5.10 Å². The second kappa shape index (κ2) is 8.44. The van der Waals surface area contributed by atoms with Crippen LogP contribution < -0.4 is 5.32 Å². The highest BCUT2D eigenvalue weighted by molar-refractivity contribution is 5.74. The number of hydrogen-bond donors (Lipinski definition) is 1. The summed E-state index contributed by atoms with van der Waals surface area (Å²) in [7, 11) is 0. The van der Waals surface area contributed by atoms with Crippen molar-refractivity contribution in [2.45, 2.75) is 19.5 Å². The molecule has 3 heterocycles. The lowest BCUT2D eigenvalue weighted by Gasteiger charge is -2.34. The summed E-state index contributed by atoms with van der Waals surface area (Å²) in [5, 5.41) is 7.14. The van der Waals surface area contributed by atoms with Crippen molar-refractivity contribution in [2.75, 3.05) is 32.7 Å². The molecule has 1 aliphatic heterocycles. The predicted molar refractivity (Wildman–Crippen MR) is 91.3 cm³/mol. The summed E-state index contributed by atoms with van der Waals surface area (Å²) in [4.78, 5) is 20.8. The highest BCUT2D eigenvalue weighted by Crippen LogP contribution is 2.06. The zero-order chi connectivity index (χ0) is 16.6. The minimum Gasteiger partial charge on any atom is -0.338 e. The average molecular weight is 328 g/mol. The van der Waals surface area contributed by atoms with E-state index in [9.17, 15) is 4.79 Å². The number of nitrogens with zero attached hydrogens (tertiary/aromatic N) is 5. The Morgan fingerprint density at radius 2 is 2.00 bits per heavy atom. The van der Waals surface area contributed by atoms with Crippen LogP contribution in [0.5, 0.6) is 0 Å². The van der Waals surface area contributed by atoms with Gasteiger partial charge in [-0.05, 0) is 24.6 Å². The fourth-order valence-corrected chi connectivity index (χ4v) is 2.81. The Bertz CT molecular complexity index is 607. The summed E-state index contributed by atoms with van der Waals surface area (Å²) in [5.74, 6) is 0. The summed E-state index contributed by atoms with van der Waals surface area (Å²) in [5.41, 5.74) is 1.08. The molecule has 7 nitrogen and oxygen atoms in total. The van der Waals surface area contributed by atoms with Gasteiger partial charge in [-0.1, -0.05) is 6.07 Å². The number of amides is 2. The molecule has 1 N–H and O–H groups in total. The Morgan fingerprint density at radius 1 is 1.12 bits per heavy atom. The van der Waals surface area contributed by atoms with Crippen molar-refractivity contribution in [2.24, 2.45) is 0 Å². The number of pyridine rings is 1. The van der Waals surface area contributed by atoms with Gasteiger partial charge in [-0.3, -0.25) is 14.6 Å². The zero-order valence-corrected chi connectivity index (χ0v) is 13.8. The van der Waals surface area contributed by atoms with Crippen LogP contribution in [0.4, 0.5) is 4.79 Å². The minimum atomic E-state index is 0.0351. The average Bonchev–Trinajstić information content (AvgIpc) is 3.13. The van der Waals surface area contributed by atoms with E-state index in [1.807, 2.05) is 46.2 Å². The van der Waals surface area contributed by atoms with E-state index in [0.29, 0.717) is 6.54 Å². The molecule has 1 aliphatic rings. The Morgan fingerprint density at radius 3 is 2.71 bits per heavy atom. The molecule has 2 amide bonds. The third kappa shape index (κ3) is 4.79. The van der Waals surface area contributed by atoms with Gasteiger partial charge < -0.3 is 10.2 Å². The predicted octanol–water partition coefficient (Wildman–Crippen LogP) is 1.20. The van der Waals surface area contributed by atoms with E-state index in [1.165, 1.54) is 0 Å². The van der Waals surface area contributed by atoms with Gasteiger partial charge in [0.15, 0.2) is 0 Å². The van der Waals surface area contributed by atoms with Gasteiger partial charge in [0.2, 0.25) is 0 Å². The van der Waals surface area contributed by atoms with Crippen LogP contribution in [0.15, 0.2) is 42.9 Å². The largest absolute Gasteiger partial charge is 0.338 e. The Balaban J connectivity index is 1.33. The van der Waals surface area contributed by atoms with Crippen LogP contribution in [0.2, 0.25) is 0 Å². The van der Waals surface area contributed by atoms with Gasteiger partial charge >= 0.3 is 6.03 Å². The lowest BCUT2D eigenvalue weighted by atomic mass is 10.3. The molecule has 2 aromatic heterocycles. The van der Waals surface area contributed by atoms with Gasteiger partial charge in [0.25, 0.3) is 0 Å². The fraction of sp³-hybridized carbons (Fsp3) is 0.471. The Labute approximate surface area is 142 Å². The fourth-order valence-electron chi connectivity index (χ4n) is 2.81. The van der Waals surface area contributed by atoms with Crippen molar-refractivity contribution >= 4 is 6.03 Å². The number of piperazine rings is 1. The van der Waals surface area contributed by atoms with Crippen molar-refractivity contribution in [1.82, 2.24) is 29.9 Å². The summed E-state index contributed by atoms with van der Waals surface area (Å²) >= 11 is 0. The van der Waals surface area contributed by atoms with Crippen molar-refractivity contribution in [3.63, 3.8) is 0 Å². The molecule has 0 saturated carbocycles. The van der Waals surface area contributed by atoms with E-state index in [4.69, 9.17) is 0 Å². The molecule has 0 bridgehead atoms. The van der Waals surface area contributed by atoms with Crippen molar-refractivity contribution in [3.05, 3.63) is 48.5 Å². The quantitative estimate of drug-likeness (QED) is 0.809. The van der Waals surface area contributed by atoms with Crippen LogP contribution in [0.3, 0.4) is 0 Å². The molecule has 128 valence electrons. The molecule has 0 spiro atoms. The van der Waals surface area contributed by atoms with E-state index < -0.39 is 0 Å². The molecule has 1 saturated heterocycles. The van der Waals surface area contributed by atoms with Crippen LogP contribution >= 0.6 is 0 Å². The first-order valence-electron chi connectivity index (χ1n) is 8.44. The molecule has 0 radical (unpaired) electrons. The third-order valence-corrected chi connectivity index (χ3v) is 4.17. The number of rotatable bonds is 6. The highest BCUT2D eigenvalue weighted by Gasteiger charge is 2.20. The molecular formula is C17H24N6O. The zero-order valence-electron chi connectivity index (χ0n) is 13.8. The molecule has 1 fully saturated rings. The van der Waals surface area contributed by atoms with Gasteiger partial charge in [0, 0.05) is 64.4 Å². The molecule has 0 aromatic carbocycles. The van der Waals surface area contributed by atoms with Gasteiger partial charge in [0.1, 0.15) is 0 Å². The number of hydrogen-bond acceptors (Lipinski definition) is 4. The van der Waals surface area contributed by atoms with Gasteiger partial charge in [0.05, 0.1) is 5.69 Å². The maximum Gasteiger partial charge on any atom is 0.317 e. The number of nitrogens with one attached hydrogen (secondary N) is 1. The Hall–Kier alpha value is -2.41. The summed E-state index contributed by atoms with van der Waals surface area (Å²) < 4.78 is 1.88. The molecule has 2 aromatic rings. The summed E-state index contributed by atoms with van der Waals surface area (Å²) in [6, 6.07) is 7.92. The lowest BCUT2D eigenvalue weighted by Crippen LogP contribution is -2.51. The normalized spacial score (nSPS) is 15.4. The molecule has 7 heteroatoms.